The Labute approximate surface area is 165 Å². The first-order valence-electron chi connectivity index (χ1n) is 8.42. The minimum Gasteiger partial charge on any atom is -0.493 e. The molecule has 0 radical (unpaired) electrons. The quantitative estimate of drug-likeness (QED) is 0.517. The van der Waals surface area contributed by atoms with E-state index in [9.17, 15) is 0 Å². The Kier molecular flexibility index (Phi) is 8.48. The maximum absolute atomic E-state index is 5.88. The van der Waals surface area contributed by atoms with Gasteiger partial charge in [-0.05, 0) is 47.7 Å². The lowest BCUT2D eigenvalue weighted by atomic mass is 10.1. The van der Waals surface area contributed by atoms with Crippen molar-refractivity contribution in [3.05, 3.63) is 82.0 Å². The van der Waals surface area contributed by atoms with E-state index in [1.54, 1.807) is 18.4 Å². The van der Waals surface area contributed by atoms with Crippen molar-refractivity contribution < 1.29 is 9.47 Å². The van der Waals surface area contributed by atoms with E-state index in [1.165, 1.54) is 16.0 Å². The molecule has 0 unspecified atom stereocenters. The second-order valence-electron chi connectivity index (χ2n) is 5.77. The average Bonchev–Trinajstić information content (AvgIpc) is 3.18. The molecule has 0 amide bonds. The maximum atomic E-state index is 5.88. The van der Waals surface area contributed by atoms with Gasteiger partial charge in [0.2, 0.25) is 0 Å². The molecule has 0 aliphatic heterocycles. The van der Waals surface area contributed by atoms with Gasteiger partial charge in [0.05, 0.1) is 7.11 Å². The molecule has 1 N–H and O–H groups in total. The molecule has 0 aliphatic rings. The minimum absolute atomic E-state index is 0. The van der Waals surface area contributed by atoms with E-state index in [4.69, 9.17) is 9.47 Å². The van der Waals surface area contributed by atoms with Crippen LogP contribution in [0.5, 0.6) is 11.5 Å². The number of ether oxygens (including phenoxy) is 2. The minimum atomic E-state index is 0. The lowest BCUT2D eigenvalue weighted by Crippen LogP contribution is -2.16. The average molecular weight is 390 g/mol. The molecule has 2 aromatic carbocycles. The van der Waals surface area contributed by atoms with E-state index in [-0.39, 0.29) is 12.4 Å². The van der Waals surface area contributed by atoms with E-state index in [2.05, 4.69) is 47.1 Å². The lowest BCUT2D eigenvalue weighted by Gasteiger charge is -2.12. The van der Waals surface area contributed by atoms with Crippen LogP contribution in [0.2, 0.25) is 0 Å². The second kappa shape index (κ2) is 10.9. The summed E-state index contributed by atoms with van der Waals surface area (Å²) < 4.78 is 11.4. The Balaban J connectivity index is 0.00000243. The van der Waals surface area contributed by atoms with Crippen molar-refractivity contribution in [2.75, 3.05) is 13.7 Å². The van der Waals surface area contributed by atoms with Crippen LogP contribution in [-0.4, -0.2) is 13.7 Å². The van der Waals surface area contributed by atoms with Crippen molar-refractivity contribution in [3.63, 3.8) is 0 Å². The molecule has 0 atom stereocenters. The van der Waals surface area contributed by atoms with Gasteiger partial charge in [-0.3, -0.25) is 0 Å². The highest BCUT2D eigenvalue weighted by atomic mass is 35.5. The van der Waals surface area contributed by atoms with Crippen LogP contribution >= 0.6 is 23.7 Å². The third kappa shape index (κ3) is 6.06. The van der Waals surface area contributed by atoms with E-state index >= 15 is 0 Å². The molecule has 0 saturated heterocycles. The predicted molar refractivity (Wildman–Crippen MR) is 111 cm³/mol. The van der Waals surface area contributed by atoms with E-state index in [0.29, 0.717) is 6.61 Å². The molecule has 3 nitrogen and oxygen atoms in total. The monoisotopic (exact) mass is 389 g/mol. The Morgan fingerprint density at radius 1 is 0.923 bits per heavy atom. The largest absolute Gasteiger partial charge is 0.493 e. The molecule has 0 bridgehead atoms. The summed E-state index contributed by atoms with van der Waals surface area (Å²) in [5.74, 6) is 1.56. The van der Waals surface area contributed by atoms with Gasteiger partial charge < -0.3 is 14.8 Å². The van der Waals surface area contributed by atoms with E-state index in [0.717, 1.165) is 31.0 Å². The standard InChI is InChI=1S/C21H23NO2S.ClH/c1-23-21-14-18(15-22-12-11-17-6-3-2-4-7-17)9-10-20(21)24-16-19-8-5-13-25-19;/h2-10,13-14,22H,11-12,15-16H2,1H3;1H. The Morgan fingerprint density at radius 3 is 2.50 bits per heavy atom. The summed E-state index contributed by atoms with van der Waals surface area (Å²) in [7, 11) is 1.68. The zero-order valence-corrected chi connectivity index (χ0v) is 16.4. The van der Waals surface area contributed by atoms with Crippen LogP contribution in [0.25, 0.3) is 0 Å². The molecule has 3 rings (SSSR count). The topological polar surface area (TPSA) is 30.5 Å². The van der Waals surface area contributed by atoms with Crippen molar-refractivity contribution in [2.24, 2.45) is 0 Å². The first-order chi connectivity index (χ1) is 12.3. The maximum Gasteiger partial charge on any atom is 0.161 e. The van der Waals surface area contributed by atoms with E-state index in [1.807, 2.05) is 24.3 Å². The molecular weight excluding hydrogens is 366 g/mol. The van der Waals surface area contributed by atoms with Crippen LogP contribution in [0.3, 0.4) is 0 Å². The van der Waals surface area contributed by atoms with Gasteiger partial charge >= 0.3 is 0 Å². The first-order valence-corrected chi connectivity index (χ1v) is 9.30. The highest BCUT2D eigenvalue weighted by Gasteiger charge is 2.06. The zero-order chi connectivity index (χ0) is 17.3. The molecule has 5 heteroatoms. The van der Waals surface area contributed by atoms with Crippen LogP contribution in [0, 0.1) is 0 Å². The summed E-state index contributed by atoms with van der Waals surface area (Å²) in [5, 5.41) is 5.54. The number of hydrogen-bond donors (Lipinski definition) is 1. The summed E-state index contributed by atoms with van der Waals surface area (Å²) >= 11 is 1.69. The number of rotatable bonds is 9. The third-order valence-corrected chi connectivity index (χ3v) is 4.79. The molecule has 0 spiro atoms. The smallest absolute Gasteiger partial charge is 0.161 e. The van der Waals surface area contributed by atoms with Gasteiger partial charge in [-0.15, -0.1) is 23.7 Å². The number of thiophene rings is 1. The van der Waals surface area contributed by atoms with Crippen LogP contribution < -0.4 is 14.8 Å². The number of benzene rings is 2. The molecule has 3 aromatic rings. The number of nitrogens with one attached hydrogen (secondary N) is 1. The summed E-state index contributed by atoms with van der Waals surface area (Å²) in [6.45, 7) is 2.33. The van der Waals surface area contributed by atoms with Gasteiger partial charge in [-0.1, -0.05) is 42.5 Å². The Bertz CT molecular complexity index is 763. The lowest BCUT2D eigenvalue weighted by molar-refractivity contribution is 0.287. The van der Waals surface area contributed by atoms with Gasteiger partial charge in [-0.2, -0.15) is 0 Å². The van der Waals surface area contributed by atoms with Crippen LogP contribution in [0.4, 0.5) is 0 Å². The molecule has 0 fully saturated rings. The first kappa shape index (κ1) is 20.3. The summed E-state index contributed by atoms with van der Waals surface area (Å²) in [6.07, 6.45) is 1.03. The van der Waals surface area contributed by atoms with Gasteiger partial charge in [0, 0.05) is 11.4 Å². The van der Waals surface area contributed by atoms with Crippen molar-refractivity contribution >= 4 is 23.7 Å². The molecule has 1 heterocycles. The Morgan fingerprint density at radius 2 is 1.77 bits per heavy atom. The number of halogens is 1. The normalized spacial score (nSPS) is 10.2. The highest BCUT2D eigenvalue weighted by molar-refractivity contribution is 7.09. The summed E-state index contributed by atoms with van der Waals surface area (Å²) in [5.41, 5.74) is 2.54. The van der Waals surface area contributed by atoms with Crippen molar-refractivity contribution in [3.8, 4) is 11.5 Å². The van der Waals surface area contributed by atoms with Crippen LogP contribution in [-0.2, 0) is 19.6 Å². The van der Waals surface area contributed by atoms with Crippen molar-refractivity contribution in [1.82, 2.24) is 5.32 Å². The van der Waals surface area contributed by atoms with E-state index < -0.39 is 0 Å². The SMILES string of the molecule is COc1cc(CNCCc2ccccc2)ccc1OCc1cccs1.Cl. The van der Waals surface area contributed by atoms with Crippen LogP contribution in [0.15, 0.2) is 66.0 Å². The predicted octanol–water partition coefficient (Wildman–Crippen LogP) is 5.09. The van der Waals surface area contributed by atoms with Crippen molar-refractivity contribution in [2.45, 2.75) is 19.6 Å². The third-order valence-electron chi connectivity index (χ3n) is 3.94. The molecule has 138 valence electrons. The second-order valence-corrected chi connectivity index (χ2v) is 6.80. The van der Waals surface area contributed by atoms with Crippen molar-refractivity contribution in [1.29, 1.82) is 0 Å². The van der Waals surface area contributed by atoms with Gasteiger partial charge in [-0.25, -0.2) is 0 Å². The number of methoxy groups -OCH3 is 1. The van der Waals surface area contributed by atoms with Gasteiger partial charge in [0.1, 0.15) is 6.61 Å². The fourth-order valence-electron chi connectivity index (χ4n) is 2.59. The van der Waals surface area contributed by atoms with Gasteiger partial charge in [0.15, 0.2) is 11.5 Å². The zero-order valence-electron chi connectivity index (χ0n) is 14.8. The highest BCUT2D eigenvalue weighted by Crippen LogP contribution is 2.29. The summed E-state index contributed by atoms with van der Waals surface area (Å²) in [6, 6.07) is 20.7. The van der Waals surface area contributed by atoms with Crippen LogP contribution in [0.1, 0.15) is 16.0 Å². The molecule has 0 aliphatic carbocycles. The summed E-state index contributed by atoms with van der Waals surface area (Å²) in [4.78, 5) is 1.20. The van der Waals surface area contributed by atoms with Gasteiger partial charge in [0.25, 0.3) is 0 Å². The fourth-order valence-corrected chi connectivity index (χ4v) is 3.21. The molecule has 0 saturated carbocycles. The molecule has 26 heavy (non-hydrogen) atoms. The molecular formula is C21H24ClNO2S. The number of hydrogen-bond acceptors (Lipinski definition) is 4. The Hall–Kier alpha value is -2.01. The fraction of sp³-hybridized carbons (Fsp3) is 0.238. The molecule has 1 aromatic heterocycles.